The van der Waals surface area contributed by atoms with Gasteiger partial charge in [0.2, 0.25) is 0 Å². The highest BCUT2D eigenvalue weighted by atomic mass is 19.1. The van der Waals surface area contributed by atoms with E-state index in [9.17, 15) is 9.50 Å². The Kier molecular flexibility index (Phi) is 3.72. The molecule has 0 spiro atoms. The minimum Gasteiger partial charge on any atom is -0.392 e. The number of nitrogens with zero attached hydrogens (tertiary/aromatic N) is 2. The van der Waals surface area contributed by atoms with Crippen molar-refractivity contribution < 1.29 is 9.50 Å². The van der Waals surface area contributed by atoms with Crippen molar-refractivity contribution in [2.24, 2.45) is 0 Å². The highest BCUT2D eigenvalue weighted by Crippen LogP contribution is 2.17. The fourth-order valence-corrected chi connectivity index (χ4v) is 2.22. The van der Waals surface area contributed by atoms with Gasteiger partial charge in [0, 0.05) is 13.1 Å². The van der Waals surface area contributed by atoms with E-state index >= 15 is 0 Å². The fourth-order valence-electron chi connectivity index (χ4n) is 2.22. The van der Waals surface area contributed by atoms with Crippen LogP contribution in [0.5, 0.6) is 0 Å². The first-order valence-electron chi connectivity index (χ1n) is 5.78. The second-order valence-corrected chi connectivity index (χ2v) is 4.44. The Morgan fingerprint density at radius 3 is 3.06 bits per heavy atom. The number of aliphatic hydroxyl groups is 1. The monoisotopic (exact) mass is 234 g/mol. The number of benzene rings is 1. The van der Waals surface area contributed by atoms with Crippen molar-refractivity contribution in [3.8, 4) is 6.07 Å². The maximum atomic E-state index is 13.1. The van der Waals surface area contributed by atoms with E-state index < -0.39 is 0 Å². The zero-order valence-corrected chi connectivity index (χ0v) is 9.56. The summed E-state index contributed by atoms with van der Waals surface area (Å²) in [5.74, 6) is -0.323. The molecule has 1 N–H and O–H groups in total. The highest BCUT2D eigenvalue weighted by molar-refractivity contribution is 5.37. The SMILES string of the molecule is N#Cc1ccc(F)cc1CN1CCCC(O)C1. The van der Waals surface area contributed by atoms with Crippen molar-refractivity contribution in [1.29, 1.82) is 5.26 Å². The summed E-state index contributed by atoms with van der Waals surface area (Å²) in [4.78, 5) is 2.06. The van der Waals surface area contributed by atoms with Gasteiger partial charge in [0.05, 0.1) is 17.7 Å². The Labute approximate surface area is 100 Å². The van der Waals surface area contributed by atoms with Gasteiger partial charge in [-0.05, 0) is 43.1 Å². The molecule has 90 valence electrons. The van der Waals surface area contributed by atoms with Gasteiger partial charge in [0.25, 0.3) is 0 Å². The fraction of sp³-hybridized carbons (Fsp3) is 0.462. The van der Waals surface area contributed by atoms with Crippen LogP contribution >= 0.6 is 0 Å². The van der Waals surface area contributed by atoms with E-state index in [0.717, 1.165) is 19.4 Å². The van der Waals surface area contributed by atoms with Gasteiger partial charge in [0.15, 0.2) is 0 Å². The van der Waals surface area contributed by atoms with Crippen LogP contribution in [0.3, 0.4) is 0 Å². The van der Waals surface area contributed by atoms with Gasteiger partial charge in [-0.15, -0.1) is 0 Å². The minimum absolute atomic E-state index is 0.303. The Bertz CT molecular complexity index is 442. The summed E-state index contributed by atoms with van der Waals surface area (Å²) in [5.41, 5.74) is 1.20. The molecule has 0 bridgehead atoms. The van der Waals surface area contributed by atoms with Crippen molar-refractivity contribution in [2.45, 2.75) is 25.5 Å². The molecule has 2 rings (SSSR count). The van der Waals surface area contributed by atoms with E-state index in [1.165, 1.54) is 18.2 Å². The molecule has 1 atom stereocenters. The van der Waals surface area contributed by atoms with Crippen LogP contribution in [0.25, 0.3) is 0 Å². The van der Waals surface area contributed by atoms with Crippen LogP contribution in [0, 0.1) is 17.1 Å². The molecule has 1 saturated heterocycles. The predicted octanol–water partition coefficient (Wildman–Crippen LogP) is 1.65. The molecule has 1 unspecified atom stereocenters. The molecule has 1 fully saturated rings. The van der Waals surface area contributed by atoms with Gasteiger partial charge in [-0.3, -0.25) is 4.90 Å². The molecule has 0 saturated carbocycles. The third-order valence-corrected chi connectivity index (χ3v) is 3.06. The Balaban J connectivity index is 2.12. The largest absolute Gasteiger partial charge is 0.392 e. The molecule has 0 amide bonds. The molecule has 1 aliphatic rings. The molecule has 4 heteroatoms. The molecule has 1 heterocycles. The van der Waals surface area contributed by atoms with Crippen LogP contribution in [-0.4, -0.2) is 29.2 Å². The summed E-state index contributed by atoms with van der Waals surface area (Å²) in [6, 6.07) is 6.27. The van der Waals surface area contributed by atoms with Gasteiger partial charge < -0.3 is 5.11 Å². The summed E-state index contributed by atoms with van der Waals surface area (Å²) in [7, 11) is 0. The smallest absolute Gasteiger partial charge is 0.123 e. The maximum Gasteiger partial charge on any atom is 0.123 e. The molecular weight excluding hydrogens is 219 g/mol. The van der Waals surface area contributed by atoms with Gasteiger partial charge in [-0.25, -0.2) is 4.39 Å². The van der Waals surface area contributed by atoms with Crippen LogP contribution in [0.1, 0.15) is 24.0 Å². The minimum atomic E-state index is -0.323. The molecule has 0 aliphatic carbocycles. The van der Waals surface area contributed by atoms with Crippen molar-refractivity contribution >= 4 is 0 Å². The van der Waals surface area contributed by atoms with E-state index in [1.54, 1.807) is 0 Å². The second-order valence-electron chi connectivity index (χ2n) is 4.44. The molecule has 0 radical (unpaired) electrons. The summed E-state index contributed by atoms with van der Waals surface area (Å²) in [5, 5.41) is 18.5. The normalized spacial score (nSPS) is 21.1. The van der Waals surface area contributed by atoms with Crippen molar-refractivity contribution in [1.82, 2.24) is 4.90 Å². The quantitative estimate of drug-likeness (QED) is 0.846. The number of rotatable bonds is 2. The third-order valence-electron chi connectivity index (χ3n) is 3.06. The summed E-state index contributed by atoms with van der Waals surface area (Å²) >= 11 is 0. The first-order chi connectivity index (χ1) is 8.19. The van der Waals surface area contributed by atoms with Gasteiger partial charge in [0.1, 0.15) is 5.82 Å². The first kappa shape index (κ1) is 12.0. The average Bonchev–Trinajstić information content (AvgIpc) is 2.29. The zero-order chi connectivity index (χ0) is 12.3. The lowest BCUT2D eigenvalue weighted by Crippen LogP contribution is -2.37. The summed E-state index contributed by atoms with van der Waals surface area (Å²) in [6.45, 7) is 2.01. The number of β-amino-alcohol motifs (C(OH)–C–C–N with tert-alkyl or cyclic N) is 1. The summed E-state index contributed by atoms with van der Waals surface area (Å²) in [6.07, 6.45) is 1.46. The zero-order valence-electron chi connectivity index (χ0n) is 9.56. The number of likely N-dealkylation sites (tertiary alicyclic amines) is 1. The number of aliphatic hydroxyl groups excluding tert-OH is 1. The Morgan fingerprint density at radius 1 is 1.53 bits per heavy atom. The number of piperidine rings is 1. The molecule has 1 aromatic carbocycles. The van der Waals surface area contributed by atoms with Crippen molar-refractivity contribution in [3.63, 3.8) is 0 Å². The highest BCUT2D eigenvalue weighted by Gasteiger charge is 2.18. The van der Waals surface area contributed by atoms with E-state index in [-0.39, 0.29) is 11.9 Å². The molecule has 1 aromatic rings. The molecule has 17 heavy (non-hydrogen) atoms. The molecule has 0 aromatic heterocycles. The van der Waals surface area contributed by atoms with E-state index in [4.69, 9.17) is 5.26 Å². The topological polar surface area (TPSA) is 47.3 Å². The van der Waals surface area contributed by atoms with E-state index in [1.807, 2.05) is 0 Å². The standard InChI is InChI=1S/C13H15FN2O/c14-12-4-3-10(7-15)11(6-12)8-16-5-1-2-13(17)9-16/h3-4,6,13,17H,1-2,5,8-9H2. The van der Waals surface area contributed by atoms with Crippen LogP contribution in [0.2, 0.25) is 0 Å². The maximum absolute atomic E-state index is 13.1. The number of nitriles is 1. The number of hydrogen-bond acceptors (Lipinski definition) is 3. The van der Waals surface area contributed by atoms with Gasteiger partial charge >= 0.3 is 0 Å². The van der Waals surface area contributed by atoms with Crippen LogP contribution in [0.4, 0.5) is 4.39 Å². The predicted molar refractivity (Wildman–Crippen MR) is 61.6 cm³/mol. The van der Waals surface area contributed by atoms with Gasteiger partial charge in [-0.2, -0.15) is 5.26 Å². The summed E-state index contributed by atoms with van der Waals surface area (Å²) < 4.78 is 13.1. The first-order valence-corrected chi connectivity index (χ1v) is 5.78. The van der Waals surface area contributed by atoms with Crippen LogP contribution in [0.15, 0.2) is 18.2 Å². The van der Waals surface area contributed by atoms with Gasteiger partial charge in [-0.1, -0.05) is 0 Å². The molecule has 3 nitrogen and oxygen atoms in total. The second kappa shape index (κ2) is 5.26. The van der Waals surface area contributed by atoms with Crippen molar-refractivity contribution in [3.05, 3.63) is 35.1 Å². The third kappa shape index (κ3) is 3.02. The Morgan fingerprint density at radius 2 is 2.35 bits per heavy atom. The van der Waals surface area contributed by atoms with E-state index in [2.05, 4.69) is 11.0 Å². The lowest BCUT2D eigenvalue weighted by atomic mass is 10.0. The van der Waals surface area contributed by atoms with Crippen molar-refractivity contribution in [2.75, 3.05) is 13.1 Å². The average molecular weight is 234 g/mol. The lowest BCUT2D eigenvalue weighted by molar-refractivity contribution is 0.0667. The van der Waals surface area contributed by atoms with Crippen LogP contribution in [-0.2, 0) is 6.54 Å². The van der Waals surface area contributed by atoms with Crippen LogP contribution < -0.4 is 0 Å². The Hall–Kier alpha value is -1.44. The van der Waals surface area contributed by atoms with E-state index in [0.29, 0.717) is 24.2 Å². The lowest BCUT2D eigenvalue weighted by Gasteiger charge is -2.30. The number of halogens is 1. The molecule has 1 aliphatic heterocycles. The number of hydrogen-bond donors (Lipinski definition) is 1. The molecular formula is C13H15FN2O.